The van der Waals surface area contributed by atoms with Crippen molar-refractivity contribution in [1.82, 2.24) is 4.57 Å². The molecule has 1 atom stereocenters. The number of carbonyl (C=O) groups is 3. The predicted molar refractivity (Wildman–Crippen MR) is 140 cm³/mol. The number of carboxylic acids is 1. The van der Waals surface area contributed by atoms with Crippen molar-refractivity contribution in [2.75, 3.05) is 13.1 Å². The fraction of sp³-hybridized carbons (Fsp3) is 0.333. The molecule has 0 aliphatic carbocycles. The Morgan fingerprint density at radius 2 is 1.55 bits per heavy atom. The molecule has 2 aromatic carbocycles. The minimum atomic E-state index is -2.08. The molecule has 12 heteroatoms. The van der Waals surface area contributed by atoms with Gasteiger partial charge in [0, 0.05) is 42.3 Å². The van der Waals surface area contributed by atoms with E-state index in [1.165, 1.54) is 0 Å². The molecule has 1 aliphatic rings. The van der Waals surface area contributed by atoms with E-state index in [9.17, 15) is 42.6 Å². The Kier molecular flexibility index (Phi) is 7.90. The van der Waals surface area contributed by atoms with Crippen LogP contribution < -0.4 is 10.7 Å². The maximum atomic E-state index is 15.3. The molecule has 0 spiro atoms. The van der Waals surface area contributed by atoms with Crippen molar-refractivity contribution in [1.29, 1.82) is 0 Å². The number of aliphatic carboxylic acids is 1. The molecule has 1 unspecified atom stereocenters. The van der Waals surface area contributed by atoms with Gasteiger partial charge in [-0.05, 0) is 45.0 Å². The van der Waals surface area contributed by atoms with Crippen LogP contribution in [-0.4, -0.2) is 50.6 Å². The van der Waals surface area contributed by atoms with Crippen molar-refractivity contribution >= 4 is 17.8 Å². The molecule has 1 amide bonds. The van der Waals surface area contributed by atoms with Crippen molar-refractivity contribution in [2.24, 2.45) is 5.41 Å². The van der Waals surface area contributed by atoms with Gasteiger partial charge in [0.1, 0.15) is 29.0 Å². The number of benzene rings is 2. The third kappa shape index (κ3) is 5.00. The fourth-order valence-corrected chi connectivity index (χ4v) is 5.89. The van der Waals surface area contributed by atoms with Crippen LogP contribution in [-0.2, 0) is 4.79 Å². The number of aromatic nitrogens is 1. The van der Waals surface area contributed by atoms with Crippen LogP contribution in [0.3, 0.4) is 0 Å². The van der Waals surface area contributed by atoms with E-state index >= 15 is 4.39 Å². The molecule has 1 fully saturated rings. The Labute approximate surface area is 238 Å². The third-order valence-electron chi connectivity index (χ3n) is 8.40. The van der Waals surface area contributed by atoms with Gasteiger partial charge >= 0.3 is 5.97 Å². The Balaban J connectivity index is 1.92. The lowest BCUT2D eigenvalue weighted by Gasteiger charge is -2.54. The van der Waals surface area contributed by atoms with Gasteiger partial charge in [0.25, 0.3) is 11.7 Å². The maximum absolute atomic E-state index is 15.3. The van der Waals surface area contributed by atoms with Gasteiger partial charge in [-0.3, -0.25) is 23.4 Å². The van der Waals surface area contributed by atoms with Crippen molar-refractivity contribution in [3.63, 3.8) is 0 Å². The normalized spacial score (nSPS) is 21.5. The van der Waals surface area contributed by atoms with Crippen LogP contribution in [0.15, 0.2) is 59.5 Å². The van der Waals surface area contributed by atoms with Crippen LogP contribution >= 0.6 is 0 Å². The fourth-order valence-electron chi connectivity index (χ4n) is 5.89. The number of amides is 1. The van der Waals surface area contributed by atoms with Crippen molar-refractivity contribution in [3.05, 3.63) is 99.5 Å². The lowest BCUT2D eigenvalue weighted by atomic mass is 9.63. The molecule has 42 heavy (non-hydrogen) atoms. The number of Topliss-reactive ketones (excluding diaryl/α,β-unsaturated/α-hetero) is 1. The van der Waals surface area contributed by atoms with Crippen LogP contribution in [0.5, 0.6) is 0 Å². The molecule has 4 rings (SSSR count). The number of hydrogen-bond acceptors (Lipinski definition) is 5. The number of ketones is 1. The number of carbonyl (C=O) groups excluding carboxylic acids is 2. The summed E-state index contributed by atoms with van der Waals surface area (Å²) in [5, 5.41) is 22.9. The zero-order valence-corrected chi connectivity index (χ0v) is 23.0. The number of halogens is 4. The van der Waals surface area contributed by atoms with Gasteiger partial charge in [0.2, 0.25) is 0 Å². The van der Waals surface area contributed by atoms with Gasteiger partial charge in [-0.2, -0.15) is 0 Å². The predicted octanol–water partition coefficient (Wildman–Crippen LogP) is 4.18. The highest BCUT2D eigenvalue weighted by atomic mass is 19.1. The first-order valence-electron chi connectivity index (χ1n) is 13.0. The molecule has 3 aromatic rings. The second kappa shape index (κ2) is 10.8. The average Bonchev–Trinajstić information content (AvgIpc) is 2.90. The van der Waals surface area contributed by atoms with Crippen LogP contribution in [0.1, 0.15) is 55.5 Å². The Bertz CT molecular complexity index is 1620. The highest BCUT2D eigenvalue weighted by Crippen LogP contribution is 2.50. The summed E-state index contributed by atoms with van der Waals surface area (Å²) in [5.74, 6) is -8.83. The molecule has 8 nitrogen and oxygen atoms in total. The van der Waals surface area contributed by atoms with Gasteiger partial charge in [0.15, 0.2) is 5.78 Å². The number of quaternary nitrogens is 1. The first-order valence-corrected chi connectivity index (χ1v) is 13.0. The Morgan fingerprint density at radius 3 is 2.05 bits per heavy atom. The molecule has 0 saturated carbocycles. The summed E-state index contributed by atoms with van der Waals surface area (Å²) in [6, 6.07) is 7.01. The molecule has 222 valence electrons. The molecule has 0 radical (unpaired) electrons. The Hall–Kier alpha value is -4.32. The summed E-state index contributed by atoms with van der Waals surface area (Å²) in [7, 11) is 0. The van der Waals surface area contributed by atoms with Gasteiger partial charge in [-0.25, -0.2) is 17.6 Å². The molecule has 1 aliphatic heterocycles. The van der Waals surface area contributed by atoms with E-state index in [-0.39, 0.29) is 18.7 Å². The van der Waals surface area contributed by atoms with Crippen molar-refractivity contribution in [2.45, 2.75) is 45.1 Å². The lowest BCUT2D eigenvalue weighted by molar-refractivity contribution is -0.925. The van der Waals surface area contributed by atoms with Gasteiger partial charge in [-0.15, -0.1) is 0 Å². The first kappa shape index (κ1) is 30.6. The van der Waals surface area contributed by atoms with Gasteiger partial charge in [0.05, 0.1) is 30.0 Å². The van der Waals surface area contributed by atoms with E-state index in [1.54, 1.807) is 20.8 Å². The number of rotatable bonds is 6. The summed E-state index contributed by atoms with van der Waals surface area (Å²) in [6.45, 7) is 4.35. The lowest BCUT2D eigenvalue weighted by Crippen LogP contribution is -2.71. The smallest absolute Gasteiger partial charge is 0.311 e. The minimum absolute atomic E-state index is 0.287. The van der Waals surface area contributed by atoms with Crippen molar-refractivity contribution in [3.8, 4) is 5.69 Å². The molecular weight excluding hydrogens is 560 g/mol. The third-order valence-corrected chi connectivity index (χ3v) is 8.40. The number of likely N-dealkylation sites (tertiary alicyclic amines) is 1. The van der Waals surface area contributed by atoms with E-state index in [4.69, 9.17) is 0 Å². The quantitative estimate of drug-likeness (QED) is 0.262. The van der Waals surface area contributed by atoms with E-state index in [0.717, 1.165) is 48.7 Å². The largest absolute Gasteiger partial charge is 0.498 e. The molecule has 2 heterocycles. The molecule has 1 aromatic heterocycles. The zero-order valence-electron chi connectivity index (χ0n) is 23.0. The molecule has 1 N–H and O–H groups in total. The molecule has 0 bridgehead atoms. The number of piperidine rings is 1. The number of nitrogens with zero attached hydrogens (tertiary/aromatic N) is 2. The zero-order chi connectivity index (χ0) is 31.2. The number of hydrogen-bond donors (Lipinski definition) is 1. The number of carboxylic acid groups (broad SMARTS) is 2. The van der Waals surface area contributed by atoms with Crippen LogP contribution in [0.4, 0.5) is 22.4 Å². The van der Waals surface area contributed by atoms with E-state index in [1.807, 2.05) is 0 Å². The second-order valence-electron chi connectivity index (χ2n) is 11.5. The van der Waals surface area contributed by atoms with E-state index in [2.05, 4.69) is 0 Å². The highest BCUT2D eigenvalue weighted by molar-refractivity contribution is 6.04. The van der Waals surface area contributed by atoms with Crippen LogP contribution in [0, 0.1) is 28.7 Å². The van der Waals surface area contributed by atoms with Gasteiger partial charge in [-0.1, -0.05) is 12.1 Å². The standard InChI is InChI=1S/C30H28F4N2O6/c1-29(2,3)36(28(41)42)13-11-30(12-14-36,27(39)40)24(19-9-8-18(31)15-22(19)34)26(38)17-7-10-23(37)35(16-17)25-20(32)5-4-6-21(25)33/h4-10,15-16,24H,11-14H2,1-3H3,(H-,39,40,41,42). The number of para-hydroxylation sites is 1. The summed E-state index contributed by atoms with van der Waals surface area (Å²) < 4.78 is 58.2. The Morgan fingerprint density at radius 1 is 0.952 bits per heavy atom. The summed E-state index contributed by atoms with van der Waals surface area (Å²) in [4.78, 5) is 52.1. The van der Waals surface area contributed by atoms with Gasteiger partial charge < -0.3 is 15.0 Å². The maximum Gasteiger partial charge on any atom is 0.311 e. The summed E-state index contributed by atoms with van der Waals surface area (Å²) in [6.07, 6.45) is -1.45. The monoisotopic (exact) mass is 588 g/mol. The molecule has 1 saturated heterocycles. The first-order chi connectivity index (χ1) is 19.6. The van der Waals surface area contributed by atoms with Crippen LogP contribution in [0.25, 0.3) is 5.69 Å². The van der Waals surface area contributed by atoms with E-state index < -0.39 is 92.1 Å². The summed E-state index contributed by atoms with van der Waals surface area (Å²) in [5.41, 5.74) is -5.55. The average molecular weight is 589 g/mol. The highest BCUT2D eigenvalue weighted by Gasteiger charge is 2.58. The van der Waals surface area contributed by atoms with Crippen LogP contribution in [0.2, 0.25) is 0 Å². The second-order valence-corrected chi connectivity index (χ2v) is 11.5. The minimum Gasteiger partial charge on any atom is -0.498 e. The molecular formula is C30H28F4N2O6. The van der Waals surface area contributed by atoms with E-state index in [0.29, 0.717) is 10.6 Å². The summed E-state index contributed by atoms with van der Waals surface area (Å²) >= 11 is 0. The van der Waals surface area contributed by atoms with Crippen molar-refractivity contribution < 1.29 is 46.6 Å². The topological polar surface area (TPSA) is 116 Å². The SMILES string of the molecule is CC(C)(C)[N+]1(C(=O)[O-])CCC(C(=O)O)(C(C(=O)c2ccc(=O)n(-c3c(F)cccc3F)c2)c2ccc(F)cc2F)CC1. The number of pyridine rings is 1.